The predicted molar refractivity (Wildman–Crippen MR) is 69.3 cm³/mol. The van der Waals surface area contributed by atoms with Crippen LogP contribution in [0.4, 0.5) is 0 Å². The van der Waals surface area contributed by atoms with Crippen LogP contribution in [-0.2, 0) is 0 Å². The molecule has 0 heterocycles. The first kappa shape index (κ1) is 12.7. The van der Waals surface area contributed by atoms with Gasteiger partial charge in [-0.1, -0.05) is 30.0 Å². The lowest BCUT2D eigenvalue weighted by molar-refractivity contribution is 0.0695. The zero-order valence-electron chi connectivity index (χ0n) is 8.38. The lowest BCUT2D eigenvalue weighted by Crippen LogP contribution is -2.06. The summed E-state index contributed by atoms with van der Waals surface area (Å²) in [6.07, 6.45) is 1.70. The molecule has 0 bridgehead atoms. The number of benzene rings is 1. The minimum absolute atomic E-state index is 0.101. The summed E-state index contributed by atoms with van der Waals surface area (Å²) < 4.78 is 5.56. The van der Waals surface area contributed by atoms with Crippen molar-refractivity contribution in [1.82, 2.24) is 0 Å². The number of rotatable bonds is 4. The summed E-state index contributed by atoms with van der Waals surface area (Å²) >= 11 is 6.24. The number of aromatic carboxylic acids is 1. The molecule has 1 aromatic rings. The summed E-state index contributed by atoms with van der Waals surface area (Å²) in [5, 5.41) is 8.91. The van der Waals surface area contributed by atoms with Crippen LogP contribution in [0.2, 0.25) is 0 Å². The first-order valence-electron chi connectivity index (χ1n) is 4.43. The molecule has 0 spiro atoms. The molecule has 0 aromatic heterocycles. The van der Waals surface area contributed by atoms with Gasteiger partial charge < -0.3 is 9.84 Å². The lowest BCUT2D eigenvalue weighted by atomic mass is 10.2. The molecule has 0 atom stereocenters. The van der Waals surface area contributed by atoms with Gasteiger partial charge >= 0.3 is 5.97 Å². The second-order valence-corrected chi connectivity index (χ2v) is 4.38. The molecule has 16 heavy (non-hydrogen) atoms. The Labute approximate surface area is 103 Å². The molecule has 3 nitrogen and oxygen atoms in total. The quantitative estimate of drug-likeness (QED) is 0.661. The number of hydrogen-bond acceptors (Lipinski definition) is 4. The van der Waals surface area contributed by atoms with Crippen LogP contribution in [0.3, 0.4) is 0 Å². The maximum absolute atomic E-state index is 10.9. The standard InChI is InChI=1S/C11H10O3S2/c1-2-7-16-11(15)14-9-6-4-3-5-8(9)10(12)13/h2-6H,1,7H2,(H,12,13). The SMILES string of the molecule is C=CCSC(=S)Oc1ccccc1C(=O)O. The Kier molecular flexibility index (Phi) is 5.01. The number of carboxylic acids is 1. The van der Waals surface area contributed by atoms with Crippen LogP contribution in [0.25, 0.3) is 0 Å². The molecule has 0 saturated heterocycles. The van der Waals surface area contributed by atoms with Crippen LogP contribution >= 0.6 is 24.0 Å². The zero-order valence-corrected chi connectivity index (χ0v) is 10.0. The molecular formula is C11H10O3S2. The van der Waals surface area contributed by atoms with Gasteiger partial charge in [-0.2, -0.15) is 0 Å². The molecule has 0 radical (unpaired) electrons. The molecule has 0 fully saturated rings. The van der Waals surface area contributed by atoms with Crippen LogP contribution in [-0.4, -0.2) is 21.2 Å². The Morgan fingerprint density at radius 1 is 1.56 bits per heavy atom. The van der Waals surface area contributed by atoms with Gasteiger partial charge in [0, 0.05) is 5.75 Å². The molecule has 0 aliphatic rings. The van der Waals surface area contributed by atoms with Gasteiger partial charge in [0.15, 0.2) is 0 Å². The van der Waals surface area contributed by atoms with Gasteiger partial charge in [-0.3, -0.25) is 0 Å². The van der Waals surface area contributed by atoms with Gasteiger partial charge in [-0.15, -0.1) is 6.58 Å². The van der Waals surface area contributed by atoms with E-state index in [1.54, 1.807) is 24.3 Å². The molecule has 1 N–H and O–H groups in total. The number of para-hydroxylation sites is 1. The van der Waals surface area contributed by atoms with Gasteiger partial charge in [-0.25, -0.2) is 4.79 Å². The smallest absolute Gasteiger partial charge is 0.339 e. The van der Waals surface area contributed by atoms with Crippen LogP contribution < -0.4 is 4.74 Å². The fourth-order valence-corrected chi connectivity index (χ4v) is 1.68. The molecule has 1 aromatic carbocycles. The van der Waals surface area contributed by atoms with E-state index in [2.05, 4.69) is 6.58 Å². The topological polar surface area (TPSA) is 46.5 Å². The average Bonchev–Trinajstić information content (AvgIpc) is 2.27. The monoisotopic (exact) mass is 254 g/mol. The summed E-state index contributed by atoms with van der Waals surface area (Å²) in [7, 11) is 0. The molecule has 0 amide bonds. The number of ether oxygens (including phenoxy) is 1. The predicted octanol–water partition coefficient (Wildman–Crippen LogP) is 2.97. The number of thiocarbonyl (C=S) groups is 1. The van der Waals surface area contributed by atoms with E-state index in [1.807, 2.05) is 0 Å². The number of carbonyl (C=O) groups is 1. The normalized spacial score (nSPS) is 9.50. The fourth-order valence-electron chi connectivity index (χ4n) is 0.979. The fraction of sp³-hybridized carbons (Fsp3) is 0.0909. The van der Waals surface area contributed by atoms with E-state index in [0.717, 1.165) is 0 Å². The molecule has 0 unspecified atom stereocenters. The van der Waals surface area contributed by atoms with E-state index >= 15 is 0 Å². The average molecular weight is 254 g/mol. The van der Waals surface area contributed by atoms with Crippen molar-refractivity contribution in [2.45, 2.75) is 0 Å². The Balaban J connectivity index is 2.76. The van der Waals surface area contributed by atoms with Crippen molar-refractivity contribution in [1.29, 1.82) is 0 Å². The summed E-state index contributed by atoms with van der Waals surface area (Å²) in [6, 6.07) is 6.38. The van der Waals surface area contributed by atoms with Crippen LogP contribution in [0.15, 0.2) is 36.9 Å². The highest BCUT2D eigenvalue weighted by atomic mass is 32.2. The number of hydrogen-bond donors (Lipinski definition) is 1. The molecule has 0 aliphatic carbocycles. The van der Waals surface area contributed by atoms with Gasteiger partial charge in [0.1, 0.15) is 11.3 Å². The second kappa shape index (κ2) is 6.30. The van der Waals surface area contributed by atoms with Crippen molar-refractivity contribution in [3.63, 3.8) is 0 Å². The number of carboxylic acid groups (broad SMARTS) is 1. The third-order valence-corrected chi connectivity index (χ3v) is 2.79. The van der Waals surface area contributed by atoms with Crippen molar-refractivity contribution in [2.75, 3.05) is 5.75 Å². The summed E-state index contributed by atoms with van der Waals surface area (Å²) in [6.45, 7) is 3.56. The van der Waals surface area contributed by atoms with Crippen molar-refractivity contribution in [2.24, 2.45) is 0 Å². The molecule has 84 valence electrons. The van der Waals surface area contributed by atoms with Crippen molar-refractivity contribution in [3.8, 4) is 5.75 Å². The Morgan fingerprint density at radius 2 is 2.25 bits per heavy atom. The van der Waals surface area contributed by atoms with E-state index < -0.39 is 5.97 Å². The second-order valence-electron chi connectivity index (χ2n) is 2.75. The highest BCUT2D eigenvalue weighted by Gasteiger charge is 2.11. The van der Waals surface area contributed by atoms with Crippen LogP contribution in [0, 0.1) is 0 Å². The molecule has 5 heteroatoms. The first-order valence-corrected chi connectivity index (χ1v) is 5.82. The highest BCUT2D eigenvalue weighted by Crippen LogP contribution is 2.20. The minimum atomic E-state index is -1.04. The molecule has 1 rings (SSSR count). The Morgan fingerprint density at radius 3 is 2.88 bits per heavy atom. The van der Waals surface area contributed by atoms with Gasteiger partial charge in [0.2, 0.25) is 4.38 Å². The number of thioether (sulfide) groups is 1. The van der Waals surface area contributed by atoms with E-state index in [-0.39, 0.29) is 15.7 Å². The lowest BCUT2D eigenvalue weighted by Gasteiger charge is -2.07. The first-order chi connectivity index (χ1) is 7.65. The molecule has 0 saturated carbocycles. The van der Waals surface area contributed by atoms with Crippen LogP contribution in [0.5, 0.6) is 5.75 Å². The summed E-state index contributed by atoms with van der Waals surface area (Å²) in [5.41, 5.74) is 0.101. The largest absolute Gasteiger partial charge is 0.478 e. The van der Waals surface area contributed by atoms with Crippen molar-refractivity contribution < 1.29 is 14.6 Å². The Hall–Kier alpha value is -1.33. The van der Waals surface area contributed by atoms with Gasteiger partial charge in [0.05, 0.1) is 0 Å². The van der Waals surface area contributed by atoms with Crippen LogP contribution in [0.1, 0.15) is 10.4 Å². The summed E-state index contributed by atoms with van der Waals surface area (Å²) in [4.78, 5) is 10.9. The maximum atomic E-state index is 10.9. The maximum Gasteiger partial charge on any atom is 0.339 e. The van der Waals surface area contributed by atoms with Gasteiger partial charge in [-0.05, 0) is 24.4 Å². The zero-order chi connectivity index (χ0) is 12.0. The third kappa shape index (κ3) is 3.67. The minimum Gasteiger partial charge on any atom is -0.478 e. The van der Waals surface area contributed by atoms with E-state index in [1.165, 1.54) is 17.8 Å². The summed E-state index contributed by atoms with van der Waals surface area (Å²) in [5.74, 6) is -0.141. The van der Waals surface area contributed by atoms with Gasteiger partial charge in [0.25, 0.3) is 0 Å². The molecular weight excluding hydrogens is 244 g/mol. The van der Waals surface area contributed by atoms with E-state index in [9.17, 15) is 4.79 Å². The van der Waals surface area contributed by atoms with E-state index in [0.29, 0.717) is 5.75 Å². The van der Waals surface area contributed by atoms with Crippen molar-refractivity contribution >= 4 is 34.3 Å². The third-order valence-electron chi connectivity index (χ3n) is 1.63. The van der Waals surface area contributed by atoms with Crippen molar-refractivity contribution in [3.05, 3.63) is 42.5 Å². The molecule has 0 aliphatic heterocycles. The highest BCUT2D eigenvalue weighted by molar-refractivity contribution is 8.22. The Bertz CT molecular complexity index is 415. The van der Waals surface area contributed by atoms with E-state index in [4.69, 9.17) is 22.1 Å².